The number of carbonyl (C=O) groups is 1. The molecule has 2 N–H and O–H groups in total. The van der Waals surface area contributed by atoms with Crippen LogP contribution >= 0.6 is 15.9 Å². The number of oxazole rings is 1. The van der Waals surface area contributed by atoms with E-state index >= 15 is 0 Å². The summed E-state index contributed by atoms with van der Waals surface area (Å²) in [6, 6.07) is 13.2. The van der Waals surface area contributed by atoms with Gasteiger partial charge in [-0.25, -0.2) is 4.98 Å². The number of halogens is 1. The summed E-state index contributed by atoms with van der Waals surface area (Å²) in [5.74, 6) is 1.18. The number of fused-ring (bicyclic) bond motifs is 1. The maximum absolute atomic E-state index is 12.3. The molecular weight excluding hydrogens is 398 g/mol. The Hall–Kier alpha value is -2.80. The van der Waals surface area contributed by atoms with Crippen molar-refractivity contribution in [1.82, 2.24) is 15.3 Å². The van der Waals surface area contributed by atoms with Crippen LogP contribution in [0.25, 0.3) is 22.6 Å². The average Bonchev–Trinajstić information content (AvgIpc) is 3.29. The van der Waals surface area contributed by atoms with Crippen LogP contribution in [0.15, 0.2) is 56.0 Å². The lowest BCUT2D eigenvalue weighted by Crippen LogP contribution is -2.26. The molecule has 26 heavy (non-hydrogen) atoms. The van der Waals surface area contributed by atoms with Gasteiger partial charge >= 0.3 is 0 Å². The molecule has 1 aromatic carbocycles. The second-order valence-corrected chi connectivity index (χ2v) is 6.69. The SMILES string of the molecule is Cc1oc(-c2ccccc2)nc1CCNC(=O)c1cc2oc(Br)cc2[nH]1. The van der Waals surface area contributed by atoms with Crippen LogP contribution in [0.3, 0.4) is 0 Å². The molecule has 1 amide bonds. The van der Waals surface area contributed by atoms with Crippen LogP contribution in [-0.2, 0) is 6.42 Å². The number of hydrogen-bond acceptors (Lipinski definition) is 4. The zero-order valence-corrected chi connectivity index (χ0v) is 15.6. The molecule has 0 aliphatic heterocycles. The van der Waals surface area contributed by atoms with Gasteiger partial charge in [-0.15, -0.1) is 0 Å². The second-order valence-electron chi connectivity index (χ2n) is 5.91. The Morgan fingerprint density at radius 2 is 2.04 bits per heavy atom. The van der Waals surface area contributed by atoms with Gasteiger partial charge in [-0.2, -0.15) is 0 Å². The zero-order chi connectivity index (χ0) is 18.1. The number of nitrogens with one attached hydrogen (secondary N) is 2. The molecule has 0 bridgehead atoms. The van der Waals surface area contributed by atoms with Crippen LogP contribution in [0.4, 0.5) is 0 Å². The molecule has 0 unspecified atom stereocenters. The zero-order valence-electron chi connectivity index (χ0n) is 14.0. The lowest BCUT2D eigenvalue weighted by atomic mass is 10.2. The van der Waals surface area contributed by atoms with Gasteiger partial charge in [0.1, 0.15) is 11.5 Å². The molecule has 0 aliphatic carbocycles. The first-order valence-corrected chi connectivity index (χ1v) is 8.97. The van der Waals surface area contributed by atoms with Gasteiger partial charge in [0.2, 0.25) is 5.89 Å². The Kier molecular flexibility index (Phi) is 4.38. The predicted molar refractivity (Wildman–Crippen MR) is 101 cm³/mol. The number of amides is 1. The summed E-state index contributed by atoms with van der Waals surface area (Å²) in [7, 11) is 0. The fraction of sp³-hybridized carbons (Fsp3) is 0.158. The summed E-state index contributed by atoms with van der Waals surface area (Å²) < 4.78 is 11.8. The fourth-order valence-electron chi connectivity index (χ4n) is 2.77. The number of aromatic nitrogens is 2. The minimum absolute atomic E-state index is 0.183. The summed E-state index contributed by atoms with van der Waals surface area (Å²) in [5, 5.41) is 2.88. The molecule has 0 saturated carbocycles. The van der Waals surface area contributed by atoms with Gasteiger partial charge in [-0.05, 0) is 35.0 Å². The third kappa shape index (κ3) is 3.30. The molecule has 132 valence electrons. The van der Waals surface area contributed by atoms with E-state index in [2.05, 4.69) is 31.2 Å². The lowest BCUT2D eigenvalue weighted by molar-refractivity contribution is 0.0950. The minimum atomic E-state index is -0.183. The van der Waals surface area contributed by atoms with E-state index in [1.807, 2.05) is 37.3 Å². The normalized spacial score (nSPS) is 11.2. The summed E-state index contributed by atoms with van der Waals surface area (Å²) in [6.45, 7) is 2.35. The molecule has 0 fully saturated rings. The van der Waals surface area contributed by atoms with Gasteiger partial charge in [0, 0.05) is 30.7 Å². The Bertz CT molecular complexity index is 1030. The van der Waals surface area contributed by atoms with Gasteiger partial charge in [0.25, 0.3) is 5.91 Å². The van der Waals surface area contributed by atoms with E-state index in [1.54, 1.807) is 12.1 Å². The highest BCUT2D eigenvalue weighted by Gasteiger charge is 2.14. The van der Waals surface area contributed by atoms with E-state index in [4.69, 9.17) is 8.83 Å². The van der Waals surface area contributed by atoms with Gasteiger partial charge in [-0.3, -0.25) is 4.79 Å². The molecule has 6 nitrogen and oxygen atoms in total. The number of aromatic amines is 1. The average molecular weight is 414 g/mol. The van der Waals surface area contributed by atoms with Crippen LogP contribution < -0.4 is 5.32 Å². The van der Waals surface area contributed by atoms with Crippen LogP contribution in [0.1, 0.15) is 21.9 Å². The topological polar surface area (TPSA) is 84.1 Å². The molecule has 0 spiro atoms. The van der Waals surface area contributed by atoms with Gasteiger partial charge in [0.05, 0.1) is 11.2 Å². The molecule has 3 heterocycles. The number of rotatable bonds is 5. The Morgan fingerprint density at radius 3 is 2.81 bits per heavy atom. The molecule has 0 radical (unpaired) electrons. The number of aryl methyl sites for hydroxylation is 1. The van der Waals surface area contributed by atoms with Gasteiger partial charge in [0.15, 0.2) is 10.3 Å². The summed E-state index contributed by atoms with van der Waals surface area (Å²) in [5.41, 5.74) is 3.66. The molecular formula is C19H16BrN3O3. The maximum atomic E-state index is 12.3. The molecule has 3 aromatic heterocycles. The fourth-order valence-corrected chi connectivity index (χ4v) is 3.17. The Labute approximate surface area is 157 Å². The Balaban J connectivity index is 1.39. The summed E-state index contributed by atoms with van der Waals surface area (Å²) in [6.07, 6.45) is 0.594. The van der Waals surface area contributed by atoms with Crippen LogP contribution in [0.5, 0.6) is 0 Å². The standard InChI is InChI=1S/C19H16BrN3O3/c1-11-13(23-19(25-11)12-5-3-2-4-6-12)7-8-21-18(24)15-9-16-14(22-15)10-17(20)26-16/h2-6,9-10,22H,7-8H2,1H3,(H,21,24). The van der Waals surface area contributed by atoms with Crippen molar-refractivity contribution in [2.75, 3.05) is 6.54 Å². The highest BCUT2D eigenvalue weighted by molar-refractivity contribution is 9.10. The van der Waals surface area contributed by atoms with E-state index in [0.717, 1.165) is 22.5 Å². The maximum Gasteiger partial charge on any atom is 0.267 e. The lowest BCUT2D eigenvalue weighted by Gasteiger charge is -2.02. The number of nitrogens with zero attached hydrogens (tertiary/aromatic N) is 1. The molecule has 0 atom stereocenters. The molecule has 0 saturated heterocycles. The first kappa shape index (κ1) is 16.7. The quantitative estimate of drug-likeness (QED) is 0.505. The van der Waals surface area contributed by atoms with Crippen LogP contribution in [0.2, 0.25) is 0 Å². The predicted octanol–water partition coefficient (Wildman–Crippen LogP) is 4.46. The first-order valence-electron chi connectivity index (χ1n) is 8.18. The summed E-state index contributed by atoms with van der Waals surface area (Å²) >= 11 is 3.26. The first-order chi connectivity index (χ1) is 12.6. The van der Waals surface area contributed by atoms with Crippen molar-refractivity contribution in [3.05, 3.63) is 64.3 Å². The van der Waals surface area contributed by atoms with Crippen molar-refractivity contribution >= 4 is 32.9 Å². The van der Waals surface area contributed by atoms with E-state index < -0.39 is 0 Å². The summed E-state index contributed by atoms with van der Waals surface area (Å²) in [4.78, 5) is 19.8. The smallest absolute Gasteiger partial charge is 0.267 e. The largest absolute Gasteiger partial charge is 0.448 e. The monoisotopic (exact) mass is 413 g/mol. The highest BCUT2D eigenvalue weighted by atomic mass is 79.9. The van der Waals surface area contributed by atoms with Crippen molar-refractivity contribution in [1.29, 1.82) is 0 Å². The van der Waals surface area contributed by atoms with Crippen LogP contribution in [0, 0.1) is 6.92 Å². The van der Waals surface area contributed by atoms with E-state index in [-0.39, 0.29) is 5.91 Å². The number of benzene rings is 1. The van der Waals surface area contributed by atoms with Crippen molar-refractivity contribution in [2.24, 2.45) is 0 Å². The van der Waals surface area contributed by atoms with Crippen molar-refractivity contribution < 1.29 is 13.6 Å². The van der Waals surface area contributed by atoms with E-state index in [0.29, 0.717) is 34.8 Å². The third-order valence-corrected chi connectivity index (χ3v) is 4.47. The third-order valence-electron chi connectivity index (χ3n) is 4.08. The number of furan rings is 1. The van der Waals surface area contributed by atoms with Crippen molar-refractivity contribution in [3.8, 4) is 11.5 Å². The molecule has 7 heteroatoms. The van der Waals surface area contributed by atoms with Crippen molar-refractivity contribution in [2.45, 2.75) is 13.3 Å². The van der Waals surface area contributed by atoms with Crippen molar-refractivity contribution in [3.63, 3.8) is 0 Å². The minimum Gasteiger partial charge on any atom is -0.448 e. The van der Waals surface area contributed by atoms with E-state index in [9.17, 15) is 4.79 Å². The number of hydrogen-bond donors (Lipinski definition) is 2. The molecule has 4 rings (SSSR count). The Morgan fingerprint density at radius 1 is 1.23 bits per heavy atom. The van der Waals surface area contributed by atoms with Gasteiger partial charge in [-0.1, -0.05) is 18.2 Å². The van der Waals surface area contributed by atoms with E-state index in [1.165, 1.54) is 0 Å². The molecule has 0 aliphatic rings. The second kappa shape index (κ2) is 6.84. The number of carbonyl (C=O) groups excluding carboxylic acids is 1. The van der Waals surface area contributed by atoms with Gasteiger partial charge < -0.3 is 19.1 Å². The highest BCUT2D eigenvalue weighted by Crippen LogP contribution is 2.24. The molecule has 4 aromatic rings. The number of H-pyrrole nitrogens is 1. The van der Waals surface area contributed by atoms with Crippen LogP contribution in [-0.4, -0.2) is 22.4 Å².